The third-order valence-corrected chi connectivity index (χ3v) is 4.41. The molecule has 1 unspecified atom stereocenters. The highest BCUT2D eigenvalue weighted by molar-refractivity contribution is 5.22. The maximum absolute atomic E-state index is 13.7. The van der Waals surface area contributed by atoms with E-state index in [1.807, 2.05) is 0 Å². The number of halogens is 2. The summed E-state index contributed by atoms with van der Waals surface area (Å²) in [6, 6.07) is 3.69. The van der Waals surface area contributed by atoms with Gasteiger partial charge in [-0.2, -0.15) is 0 Å². The first-order valence-electron chi connectivity index (χ1n) is 8.33. The summed E-state index contributed by atoms with van der Waals surface area (Å²) < 4.78 is 27.4. The molecule has 1 atom stereocenters. The summed E-state index contributed by atoms with van der Waals surface area (Å²) >= 11 is 0. The minimum atomic E-state index is -1.13. The van der Waals surface area contributed by atoms with E-state index in [0.717, 1.165) is 39.1 Å². The molecule has 1 fully saturated rings. The normalized spacial score (nSPS) is 19.0. The van der Waals surface area contributed by atoms with Crippen LogP contribution in [0.25, 0.3) is 0 Å². The monoisotopic (exact) mass is 326 g/mol. The van der Waals surface area contributed by atoms with Crippen LogP contribution < -0.4 is 0 Å². The Balaban J connectivity index is 1.82. The van der Waals surface area contributed by atoms with Crippen molar-refractivity contribution in [2.24, 2.45) is 5.41 Å². The summed E-state index contributed by atoms with van der Waals surface area (Å²) in [6.45, 7) is 11.6. The second kappa shape index (κ2) is 7.69. The number of benzene rings is 1. The van der Waals surface area contributed by atoms with Gasteiger partial charge in [-0.1, -0.05) is 26.8 Å². The lowest BCUT2D eigenvalue weighted by atomic mass is 9.92. The van der Waals surface area contributed by atoms with Gasteiger partial charge in [-0.05, 0) is 30.5 Å². The van der Waals surface area contributed by atoms with E-state index >= 15 is 0 Å². The molecule has 3 nitrogen and oxygen atoms in total. The minimum Gasteiger partial charge on any atom is -0.387 e. The standard InChI is InChI=1S/C18H28F2N2O/c1-18(2,3)7-8-21-9-11-22(12-10-21)13-16(23)17-14(19)5-4-6-15(17)20/h4-6,16,23H,7-13H2,1-3H3. The van der Waals surface area contributed by atoms with Gasteiger partial charge in [0.05, 0.1) is 11.7 Å². The number of aliphatic hydroxyl groups excluding tert-OH is 1. The molecule has 1 aromatic carbocycles. The molecular weight excluding hydrogens is 298 g/mol. The van der Waals surface area contributed by atoms with Gasteiger partial charge in [0.25, 0.3) is 0 Å². The Labute approximate surface area is 137 Å². The molecule has 1 heterocycles. The van der Waals surface area contributed by atoms with Crippen molar-refractivity contribution in [1.29, 1.82) is 0 Å². The lowest BCUT2D eigenvalue weighted by Gasteiger charge is -2.36. The smallest absolute Gasteiger partial charge is 0.131 e. The topological polar surface area (TPSA) is 26.7 Å². The third-order valence-electron chi connectivity index (χ3n) is 4.41. The quantitative estimate of drug-likeness (QED) is 0.901. The van der Waals surface area contributed by atoms with E-state index < -0.39 is 17.7 Å². The van der Waals surface area contributed by atoms with Crippen molar-refractivity contribution in [2.75, 3.05) is 39.3 Å². The number of rotatable bonds is 5. The molecule has 1 aliphatic heterocycles. The van der Waals surface area contributed by atoms with Crippen LogP contribution in [0.3, 0.4) is 0 Å². The van der Waals surface area contributed by atoms with Crippen LogP contribution in [0.15, 0.2) is 18.2 Å². The molecule has 0 spiro atoms. The average Bonchev–Trinajstić information content (AvgIpc) is 2.45. The zero-order valence-electron chi connectivity index (χ0n) is 14.4. The van der Waals surface area contributed by atoms with Crippen molar-refractivity contribution in [3.05, 3.63) is 35.4 Å². The van der Waals surface area contributed by atoms with Crippen molar-refractivity contribution in [2.45, 2.75) is 33.3 Å². The van der Waals surface area contributed by atoms with Crippen LogP contribution in [0.2, 0.25) is 0 Å². The summed E-state index contributed by atoms with van der Waals surface area (Å²) in [7, 11) is 0. The summed E-state index contributed by atoms with van der Waals surface area (Å²) in [5, 5.41) is 10.2. The fourth-order valence-corrected chi connectivity index (χ4v) is 2.85. The number of β-amino-alcohol motifs (C(OH)–C–C–N with tert-alkyl or cyclic N) is 1. The molecule has 130 valence electrons. The molecule has 2 rings (SSSR count). The Morgan fingerprint density at radius 1 is 1.04 bits per heavy atom. The highest BCUT2D eigenvalue weighted by Gasteiger charge is 2.24. The second-order valence-corrected chi connectivity index (χ2v) is 7.60. The molecule has 0 amide bonds. The Hall–Kier alpha value is -1.04. The fourth-order valence-electron chi connectivity index (χ4n) is 2.85. The number of piperazine rings is 1. The third kappa shape index (κ3) is 5.52. The Kier molecular flexibility index (Phi) is 6.12. The van der Waals surface area contributed by atoms with Gasteiger partial charge in [0, 0.05) is 32.7 Å². The van der Waals surface area contributed by atoms with Gasteiger partial charge in [-0.25, -0.2) is 8.78 Å². The lowest BCUT2D eigenvalue weighted by molar-refractivity contribution is 0.0657. The van der Waals surface area contributed by atoms with Crippen LogP contribution in [0.4, 0.5) is 8.78 Å². The average molecular weight is 326 g/mol. The van der Waals surface area contributed by atoms with E-state index in [0.29, 0.717) is 5.41 Å². The van der Waals surface area contributed by atoms with Gasteiger partial charge < -0.3 is 10.0 Å². The molecule has 0 radical (unpaired) electrons. The lowest BCUT2D eigenvalue weighted by Crippen LogP contribution is -2.48. The Morgan fingerprint density at radius 2 is 1.57 bits per heavy atom. The number of nitrogens with zero attached hydrogens (tertiary/aromatic N) is 2. The molecule has 0 saturated carbocycles. The highest BCUT2D eigenvalue weighted by atomic mass is 19.1. The SMILES string of the molecule is CC(C)(C)CCN1CCN(CC(O)c2c(F)cccc2F)CC1. The van der Waals surface area contributed by atoms with Crippen LogP contribution in [-0.4, -0.2) is 54.2 Å². The predicted molar refractivity (Wildman–Crippen MR) is 88.3 cm³/mol. The largest absolute Gasteiger partial charge is 0.387 e. The Morgan fingerprint density at radius 3 is 2.09 bits per heavy atom. The summed E-state index contributed by atoms with van der Waals surface area (Å²) in [6.07, 6.45) is 0.0214. The minimum absolute atomic E-state index is 0.220. The van der Waals surface area contributed by atoms with Crippen LogP contribution in [-0.2, 0) is 0 Å². The molecule has 0 aromatic heterocycles. The molecule has 0 aliphatic carbocycles. The molecule has 1 aliphatic rings. The predicted octanol–water partition coefficient (Wildman–Crippen LogP) is 3.05. The van der Waals surface area contributed by atoms with E-state index in [-0.39, 0.29) is 12.1 Å². The van der Waals surface area contributed by atoms with E-state index in [2.05, 4.69) is 30.6 Å². The summed E-state index contributed by atoms with van der Waals surface area (Å²) in [4.78, 5) is 4.49. The molecule has 0 bridgehead atoms. The van der Waals surface area contributed by atoms with Gasteiger partial charge in [0.2, 0.25) is 0 Å². The zero-order chi connectivity index (χ0) is 17.0. The molecule has 1 saturated heterocycles. The van der Waals surface area contributed by atoms with Crippen LogP contribution >= 0.6 is 0 Å². The van der Waals surface area contributed by atoms with Gasteiger partial charge in [0.15, 0.2) is 0 Å². The van der Waals surface area contributed by atoms with Gasteiger partial charge in [-0.15, -0.1) is 0 Å². The number of aliphatic hydroxyl groups is 1. The first kappa shape index (κ1) is 18.3. The van der Waals surface area contributed by atoms with E-state index in [1.54, 1.807) is 0 Å². The van der Waals surface area contributed by atoms with Crippen LogP contribution in [0, 0.1) is 17.0 Å². The molecule has 23 heavy (non-hydrogen) atoms. The molecule has 5 heteroatoms. The van der Waals surface area contributed by atoms with Crippen molar-refractivity contribution in [3.8, 4) is 0 Å². The highest BCUT2D eigenvalue weighted by Crippen LogP contribution is 2.23. The Bertz CT molecular complexity index is 488. The first-order chi connectivity index (χ1) is 10.8. The maximum Gasteiger partial charge on any atom is 0.131 e. The molecule has 1 N–H and O–H groups in total. The second-order valence-electron chi connectivity index (χ2n) is 7.60. The van der Waals surface area contributed by atoms with Crippen molar-refractivity contribution < 1.29 is 13.9 Å². The van der Waals surface area contributed by atoms with Crippen molar-refractivity contribution >= 4 is 0 Å². The first-order valence-corrected chi connectivity index (χ1v) is 8.33. The fraction of sp³-hybridized carbons (Fsp3) is 0.667. The van der Waals surface area contributed by atoms with E-state index in [1.165, 1.54) is 18.2 Å². The van der Waals surface area contributed by atoms with Crippen LogP contribution in [0.1, 0.15) is 38.9 Å². The van der Waals surface area contributed by atoms with E-state index in [9.17, 15) is 13.9 Å². The summed E-state index contributed by atoms with van der Waals surface area (Å²) in [5.41, 5.74) is 0.109. The van der Waals surface area contributed by atoms with Crippen molar-refractivity contribution in [1.82, 2.24) is 9.80 Å². The zero-order valence-corrected chi connectivity index (χ0v) is 14.4. The summed E-state index contributed by atoms with van der Waals surface area (Å²) in [5.74, 6) is -1.36. The van der Waals surface area contributed by atoms with E-state index in [4.69, 9.17) is 0 Å². The van der Waals surface area contributed by atoms with Gasteiger partial charge in [-0.3, -0.25) is 4.90 Å². The molecular formula is C18H28F2N2O. The maximum atomic E-state index is 13.7. The van der Waals surface area contributed by atoms with Gasteiger partial charge >= 0.3 is 0 Å². The molecule has 1 aromatic rings. The number of hydrogen-bond acceptors (Lipinski definition) is 3. The van der Waals surface area contributed by atoms with Crippen molar-refractivity contribution in [3.63, 3.8) is 0 Å². The van der Waals surface area contributed by atoms with Crippen LogP contribution in [0.5, 0.6) is 0 Å². The van der Waals surface area contributed by atoms with Gasteiger partial charge in [0.1, 0.15) is 11.6 Å². The number of hydrogen-bond donors (Lipinski definition) is 1.